The third kappa shape index (κ3) is 3.34. The van der Waals surface area contributed by atoms with Crippen molar-refractivity contribution in [2.24, 2.45) is 0 Å². The minimum absolute atomic E-state index is 0.709. The van der Waals surface area contributed by atoms with Gasteiger partial charge in [-0.25, -0.2) is 0 Å². The molecule has 96 valence electrons. The molecule has 0 aliphatic heterocycles. The Morgan fingerprint density at radius 3 is 2.61 bits per heavy atom. The van der Waals surface area contributed by atoms with Crippen LogP contribution in [0.4, 0.5) is 0 Å². The van der Waals surface area contributed by atoms with Crippen LogP contribution in [0.25, 0.3) is 0 Å². The second-order valence-electron chi connectivity index (χ2n) is 4.22. The molecule has 0 spiro atoms. The summed E-state index contributed by atoms with van der Waals surface area (Å²) >= 11 is 1.76. The van der Waals surface area contributed by atoms with Crippen LogP contribution in [0, 0.1) is 6.92 Å². The van der Waals surface area contributed by atoms with E-state index in [1.807, 2.05) is 19.1 Å². The molecular formula is C15H19NOS. The van der Waals surface area contributed by atoms with Crippen LogP contribution in [-0.2, 0) is 13.1 Å². The van der Waals surface area contributed by atoms with Gasteiger partial charge in [0.25, 0.3) is 0 Å². The molecule has 0 unspecified atom stereocenters. The molecule has 0 atom stereocenters. The standard InChI is InChI=1S/C15H19NOS/c1-3-17-15-7-5-4-6-13(15)8-16-9-14-11-18-10-12(14)2/h4-7,10-11,16H,3,8-9H2,1-2H3. The Balaban J connectivity index is 1.92. The second kappa shape index (κ2) is 6.57. The van der Waals surface area contributed by atoms with Gasteiger partial charge in [-0.1, -0.05) is 18.2 Å². The number of para-hydroxylation sites is 1. The van der Waals surface area contributed by atoms with E-state index < -0.39 is 0 Å². The van der Waals surface area contributed by atoms with Gasteiger partial charge >= 0.3 is 0 Å². The lowest BCUT2D eigenvalue weighted by Crippen LogP contribution is -2.13. The van der Waals surface area contributed by atoms with E-state index in [-0.39, 0.29) is 0 Å². The molecule has 2 aromatic rings. The van der Waals surface area contributed by atoms with Crippen LogP contribution in [0.1, 0.15) is 23.6 Å². The number of ether oxygens (including phenoxy) is 1. The van der Waals surface area contributed by atoms with E-state index in [1.165, 1.54) is 16.7 Å². The summed E-state index contributed by atoms with van der Waals surface area (Å²) in [7, 11) is 0. The molecule has 1 aromatic carbocycles. The number of nitrogens with one attached hydrogen (secondary N) is 1. The maximum Gasteiger partial charge on any atom is 0.123 e. The molecule has 0 amide bonds. The highest BCUT2D eigenvalue weighted by Crippen LogP contribution is 2.18. The van der Waals surface area contributed by atoms with Crippen LogP contribution in [0.2, 0.25) is 0 Å². The first-order valence-electron chi connectivity index (χ1n) is 6.24. The van der Waals surface area contributed by atoms with Gasteiger partial charge in [-0.2, -0.15) is 11.3 Å². The second-order valence-corrected chi connectivity index (χ2v) is 4.97. The van der Waals surface area contributed by atoms with Crippen LogP contribution in [0.5, 0.6) is 5.75 Å². The number of thiophene rings is 1. The minimum atomic E-state index is 0.709. The van der Waals surface area contributed by atoms with Gasteiger partial charge in [0.15, 0.2) is 0 Å². The summed E-state index contributed by atoms with van der Waals surface area (Å²) in [5, 5.41) is 7.86. The van der Waals surface area contributed by atoms with E-state index >= 15 is 0 Å². The molecule has 0 saturated carbocycles. The highest BCUT2D eigenvalue weighted by Gasteiger charge is 2.03. The first-order chi connectivity index (χ1) is 8.81. The fourth-order valence-electron chi connectivity index (χ4n) is 1.85. The lowest BCUT2D eigenvalue weighted by molar-refractivity contribution is 0.335. The van der Waals surface area contributed by atoms with Gasteiger partial charge in [-0.15, -0.1) is 0 Å². The van der Waals surface area contributed by atoms with Crippen molar-refractivity contribution in [3.8, 4) is 5.75 Å². The van der Waals surface area contributed by atoms with E-state index in [1.54, 1.807) is 11.3 Å². The zero-order chi connectivity index (χ0) is 12.8. The molecule has 2 nitrogen and oxygen atoms in total. The molecule has 1 aromatic heterocycles. The van der Waals surface area contributed by atoms with E-state index in [0.717, 1.165) is 18.8 Å². The van der Waals surface area contributed by atoms with Gasteiger partial charge in [0.05, 0.1) is 6.61 Å². The summed E-state index contributed by atoms with van der Waals surface area (Å²) in [5.41, 5.74) is 3.96. The molecule has 18 heavy (non-hydrogen) atoms. The van der Waals surface area contributed by atoms with Crippen molar-refractivity contribution in [3.63, 3.8) is 0 Å². The first kappa shape index (κ1) is 13.1. The molecule has 0 bridgehead atoms. The van der Waals surface area contributed by atoms with Crippen molar-refractivity contribution in [1.29, 1.82) is 0 Å². The summed E-state index contributed by atoms with van der Waals surface area (Å²) in [6.07, 6.45) is 0. The van der Waals surface area contributed by atoms with Crippen LogP contribution < -0.4 is 10.1 Å². The molecule has 0 radical (unpaired) electrons. The normalized spacial score (nSPS) is 10.6. The van der Waals surface area contributed by atoms with E-state index in [9.17, 15) is 0 Å². The van der Waals surface area contributed by atoms with Gasteiger partial charge in [-0.3, -0.25) is 0 Å². The molecule has 3 heteroatoms. The van der Waals surface area contributed by atoms with Gasteiger partial charge in [0, 0.05) is 18.7 Å². The Hall–Kier alpha value is -1.32. The predicted octanol–water partition coefficient (Wildman–Crippen LogP) is 3.75. The van der Waals surface area contributed by atoms with Crippen molar-refractivity contribution >= 4 is 11.3 Å². The number of aryl methyl sites for hydroxylation is 1. The van der Waals surface area contributed by atoms with Gasteiger partial charge in [0.1, 0.15) is 5.75 Å². The zero-order valence-electron chi connectivity index (χ0n) is 10.9. The highest BCUT2D eigenvalue weighted by molar-refractivity contribution is 7.08. The summed E-state index contributed by atoms with van der Waals surface area (Å²) in [6, 6.07) is 8.20. The molecule has 1 N–H and O–H groups in total. The fraction of sp³-hybridized carbons (Fsp3) is 0.333. The summed E-state index contributed by atoms with van der Waals surface area (Å²) in [5.74, 6) is 0.981. The van der Waals surface area contributed by atoms with Crippen molar-refractivity contribution < 1.29 is 4.74 Å². The Morgan fingerprint density at radius 2 is 1.89 bits per heavy atom. The minimum Gasteiger partial charge on any atom is -0.494 e. The van der Waals surface area contributed by atoms with Gasteiger partial charge in [-0.05, 0) is 41.8 Å². The molecule has 1 heterocycles. The largest absolute Gasteiger partial charge is 0.494 e. The van der Waals surface area contributed by atoms with Crippen LogP contribution in [0.3, 0.4) is 0 Å². The van der Waals surface area contributed by atoms with E-state index in [4.69, 9.17) is 4.74 Å². The Kier molecular flexibility index (Phi) is 4.79. The van der Waals surface area contributed by atoms with E-state index in [0.29, 0.717) is 6.61 Å². The first-order valence-corrected chi connectivity index (χ1v) is 7.18. The van der Waals surface area contributed by atoms with Crippen LogP contribution in [-0.4, -0.2) is 6.61 Å². The summed E-state index contributed by atoms with van der Waals surface area (Å²) in [4.78, 5) is 0. The maximum atomic E-state index is 5.61. The summed E-state index contributed by atoms with van der Waals surface area (Å²) < 4.78 is 5.61. The molecule has 2 rings (SSSR count). The lowest BCUT2D eigenvalue weighted by atomic mass is 10.2. The molecule has 0 aliphatic carbocycles. The molecular weight excluding hydrogens is 242 g/mol. The topological polar surface area (TPSA) is 21.3 Å². The Bertz CT molecular complexity index is 493. The third-order valence-corrected chi connectivity index (χ3v) is 3.78. The smallest absolute Gasteiger partial charge is 0.123 e. The molecule has 0 saturated heterocycles. The van der Waals surface area contributed by atoms with Crippen LogP contribution >= 0.6 is 11.3 Å². The number of hydrogen-bond donors (Lipinski definition) is 1. The number of hydrogen-bond acceptors (Lipinski definition) is 3. The predicted molar refractivity (Wildman–Crippen MR) is 77.2 cm³/mol. The SMILES string of the molecule is CCOc1ccccc1CNCc1cscc1C. The van der Waals surface area contributed by atoms with Gasteiger partial charge in [0.2, 0.25) is 0 Å². The lowest BCUT2D eigenvalue weighted by Gasteiger charge is -2.10. The number of rotatable bonds is 6. The fourth-order valence-corrected chi connectivity index (χ4v) is 2.70. The Labute approximate surface area is 113 Å². The molecule has 0 fully saturated rings. The van der Waals surface area contributed by atoms with Crippen molar-refractivity contribution in [3.05, 3.63) is 51.7 Å². The van der Waals surface area contributed by atoms with Gasteiger partial charge < -0.3 is 10.1 Å². The van der Waals surface area contributed by atoms with Crippen molar-refractivity contribution in [2.75, 3.05) is 6.61 Å². The third-order valence-electron chi connectivity index (χ3n) is 2.86. The zero-order valence-corrected chi connectivity index (χ0v) is 11.7. The number of benzene rings is 1. The monoisotopic (exact) mass is 261 g/mol. The quantitative estimate of drug-likeness (QED) is 0.855. The van der Waals surface area contributed by atoms with Crippen molar-refractivity contribution in [2.45, 2.75) is 26.9 Å². The highest BCUT2D eigenvalue weighted by atomic mass is 32.1. The molecule has 0 aliphatic rings. The maximum absolute atomic E-state index is 5.61. The van der Waals surface area contributed by atoms with Crippen molar-refractivity contribution in [1.82, 2.24) is 5.32 Å². The average Bonchev–Trinajstić information content (AvgIpc) is 2.78. The van der Waals surface area contributed by atoms with Crippen LogP contribution in [0.15, 0.2) is 35.0 Å². The average molecular weight is 261 g/mol. The Morgan fingerprint density at radius 1 is 1.11 bits per heavy atom. The van der Waals surface area contributed by atoms with E-state index in [2.05, 4.69) is 35.1 Å². The summed E-state index contributed by atoms with van der Waals surface area (Å²) in [6.45, 7) is 6.63.